The predicted molar refractivity (Wildman–Crippen MR) is 139 cm³/mol. The Labute approximate surface area is 202 Å². The molecule has 4 rings (SSSR count). The van der Waals surface area contributed by atoms with Crippen molar-refractivity contribution in [3.8, 4) is 22.4 Å². The van der Waals surface area contributed by atoms with Gasteiger partial charge in [-0.15, -0.1) is 17.9 Å². The fraction of sp³-hybridized carbons (Fsp3) is 0.111. The fourth-order valence-corrected chi connectivity index (χ4v) is 4.39. The van der Waals surface area contributed by atoms with Crippen LogP contribution in [0.5, 0.6) is 0 Å². The van der Waals surface area contributed by atoms with Crippen molar-refractivity contribution in [1.29, 1.82) is 0 Å². The molecule has 0 unspecified atom stereocenters. The molecule has 0 saturated heterocycles. The predicted octanol–water partition coefficient (Wildman–Crippen LogP) is 6.46. The van der Waals surface area contributed by atoms with E-state index in [0.717, 1.165) is 27.2 Å². The number of hydrogen-bond acceptors (Lipinski definition) is 5. The fourth-order valence-electron chi connectivity index (χ4n) is 3.55. The lowest BCUT2D eigenvalue weighted by Gasteiger charge is -2.08. The van der Waals surface area contributed by atoms with Crippen molar-refractivity contribution in [2.24, 2.45) is 10.1 Å². The van der Waals surface area contributed by atoms with Crippen molar-refractivity contribution in [2.45, 2.75) is 13.8 Å². The number of benzene rings is 3. The Balaban J connectivity index is 1.78. The summed E-state index contributed by atoms with van der Waals surface area (Å²) < 4.78 is 1.80. The van der Waals surface area contributed by atoms with Gasteiger partial charge in [-0.25, -0.2) is 4.68 Å². The number of hydrogen-bond donors (Lipinski definition) is 0. The molecule has 0 aliphatic heterocycles. The normalized spacial score (nSPS) is 12.1. The topological polar surface area (TPSA) is 72.8 Å². The van der Waals surface area contributed by atoms with E-state index in [1.54, 1.807) is 29.8 Å². The summed E-state index contributed by atoms with van der Waals surface area (Å²) in [5, 5.41) is 18.2. The Morgan fingerprint density at radius 3 is 2.41 bits per heavy atom. The van der Waals surface area contributed by atoms with Gasteiger partial charge in [0.25, 0.3) is 5.69 Å². The molecule has 0 fully saturated rings. The van der Waals surface area contributed by atoms with Crippen molar-refractivity contribution < 1.29 is 4.92 Å². The van der Waals surface area contributed by atoms with Crippen LogP contribution >= 0.6 is 11.3 Å². The monoisotopic (exact) mass is 468 g/mol. The molecule has 0 bridgehead atoms. The molecule has 170 valence electrons. The number of rotatable bonds is 7. The van der Waals surface area contributed by atoms with Crippen LogP contribution in [0.4, 0.5) is 5.69 Å². The lowest BCUT2D eigenvalue weighted by molar-refractivity contribution is -0.385. The molecular formula is C27H24N4O2S. The molecule has 0 aliphatic carbocycles. The minimum atomic E-state index is -0.367. The first-order valence-electron chi connectivity index (χ1n) is 10.8. The second kappa shape index (κ2) is 10.2. The highest BCUT2D eigenvalue weighted by Gasteiger charge is 2.14. The van der Waals surface area contributed by atoms with Crippen molar-refractivity contribution >= 4 is 22.7 Å². The third-order valence-corrected chi connectivity index (χ3v) is 6.26. The summed E-state index contributed by atoms with van der Waals surface area (Å²) in [6, 6.07) is 23.7. The van der Waals surface area contributed by atoms with E-state index in [2.05, 4.69) is 48.0 Å². The maximum atomic E-state index is 11.4. The van der Waals surface area contributed by atoms with E-state index >= 15 is 0 Å². The zero-order chi connectivity index (χ0) is 24.1. The molecule has 1 aromatic heterocycles. The van der Waals surface area contributed by atoms with Crippen molar-refractivity contribution in [1.82, 2.24) is 4.68 Å². The molecule has 0 atom stereocenters. The first-order chi connectivity index (χ1) is 16.5. The molecular weight excluding hydrogens is 444 g/mol. The van der Waals surface area contributed by atoms with Gasteiger partial charge >= 0.3 is 0 Å². The Morgan fingerprint density at radius 1 is 1.06 bits per heavy atom. The van der Waals surface area contributed by atoms with Crippen LogP contribution in [0.3, 0.4) is 0 Å². The van der Waals surface area contributed by atoms with E-state index in [4.69, 9.17) is 5.10 Å². The molecule has 3 aromatic carbocycles. The van der Waals surface area contributed by atoms with Crippen LogP contribution in [0.1, 0.15) is 18.1 Å². The van der Waals surface area contributed by atoms with Crippen LogP contribution in [0.2, 0.25) is 0 Å². The van der Waals surface area contributed by atoms with E-state index < -0.39 is 0 Å². The van der Waals surface area contributed by atoms with Crippen LogP contribution in [0.25, 0.3) is 22.4 Å². The largest absolute Gasteiger partial charge is 0.272 e. The number of nitro groups is 1. The second-order valence-corrected chi connectivity index (χ2v) is 8.57. The summed E-state index contributed by atoms with van der Waals surface area (Å²) >= 11 is 1.49. The third kappa shape index (κ3) is 4.94. The number of nitrogens with zero attached hydrogens (tertiary/aromatic N) is 4. The van der Waals surface area contributed by atoms with Gasteiger partial charge in [0.2, 0.25) is 4.80 Å². The Hall–Kier alpha value is -4.10. The minimum Gasteiger partial charge on any atom is -0.258 e. The highest BCUT2D eigenvalue weighted by molar-refractivity contribution is 7.07. The van der Waals surface area contributed by atoms with Gasteiger partial charge in [-0.1, -0.05) is 72.8 Å². The smallest absolute Gasteiger partial charge is 0.258 e. The van der Waals surface area contributed by atoms with Crippen molar-refractivity contribution in [3.63, 3.8) is 0 Å². The number of thiazole rings is 1. The molecule has 7 heteroatoms. The molecule has 0 saturated carbocycles. The summed E-state index contributed by atoms with van der Waals surface area (Å²) in [4.78, 5) is 16.3. The van der Waals surface area contributed by atoms with Gasteiger partial charge in [0.15, 0.2) is 0 Å². The maximum absolute atomic E-state index is 11.4. The molecule has 0 radical (unpaired) electrons. The molecule has 1 heterocycles. The molecule has 0 N–H and O–H groups in total. The number of aromatic nitrogens is 1. The summed E-state index contributed by atoms with van der Waals surface area (Å²) in [5.74, 6) is 0. The number of nitro benzene ring substituents is 1. The van der Waals surface area contributed by atoms with E-state index in [9.17, 15) is 10.1 Å². The quantitative estimate of drug-likeness (QED) is 0.135. The van der Waals surface area contributed by atoms with Gasteiger partial charge in [-0.3, -0.25) is 15.1 Å². The second-order valence-electron chi connectivity index (χ2n) is 7.73. The Morgan fingerprint density at radius 2 is 1.74 bits per heavy atom. The number of aryl methyl sites for hydroxylation is 1. The molecule has 0 aliphatic rings. The van der Waals surface area contributed by atoms with Gasteiger partial charge in [0.1, 0.15) is 0 Å². The average molecular weight is 469 g/mol. The molecule has 34 heavy (non-hydrogen) atoms. The SMILES string of the molecule is C=CCN=c1scc(-c2ccc(-c3ccccc3)cc2)n1N=C(C)c1ccc(C)c([N+](=O)[O-])c1. The highest BCUT2D eigenvalue weighted by Crippen LogP contribution is 2.26. The van der Waals surface area contributed by atoms with Crippen LogP contribution in [-0.4, -0.2) is 21.9 Å². The molecule has 0 amide bonds. The van der Waals surface area contributed by atoms with Gasteiger partial charge in [0.05, 0.1) is 22.9 Å². The van der Waals surface area contributed by atoms with Crippen LogP contribution in [0.15, 0.2) is 101 Å². The molecule has 4 aromatic rings. The van der Waals surface area contributed by atoms with E-state index in [1.165, 1.54) is 11.3 Å². The van der Waals surface area contributed by atoms with Crippen LogP contribution in [-0.2, 0) is 0 Å². The standard InChI is InChI=1S/C27H24N4O2S/c1-4-16-28-27-30(29-20(3)24-11-10-19(2)25(17-24)31(32)33)26(18-34-27)23-14-12-22(13-15-23)21-8-6-5-7-9-21/h4-15,17-18H,1,16H2,2-3H3. The van der Waals surface area contributed by atoms with Gasteiger partial charge in [-0.2, -0.15) is 5.10 Å². The Kier molecular flexibility index (Phi) is 6.94. The maximum Gasteiger partial charge on any atom is 0.272 e. The third-order valence-electron chi connectivity index (χ3n) is 5.40. The van der Waals surface area contributed by atoms with Gasteiger partial charge < -0.3 is 0 Å². The van der Waals surface area contributed by atoms with E-state index in [1.807, 2.05) is 36.6 Å². The van der Waals surface area contributed by atoms with E-state index in [0.29, 0.717) is 23.4 Å². The van der Waals surface area contributed by atoms with Gasteiger partial charge in [0, 0.05) is 28.1 Å². The average Bonchev–Trinajstić information content (AvgIpc) is 3.25. The lowest BCUT2D eigenvalue weighted by atomic mass is 10.0. The lowest BCUT2D eigenvalue weighted by Crippen LogP contribution is -2.14. The van der Waals surface area contributed by atoms with E-state index in [-0.39, 0.29) is 10.6 Å². The summed E-state index contributed by atoms with van der Waals surface area (Å²) in [6.07, 6.45) is 1.73. The Bertz CT molecular complexity index is 1430. The van der Waals surface area contributed by atoms with Crippen molar-refractivity contribution in [3.05, 3.63) is 117 Å². The zero-order valence-corrected chi connectivity index (χ0v) is 19.8. The summed E-state index contributed by atoms with van der Waals surface area (Å²) in [7, 11) is 0. The van der Waals surface area contributed by atoms with Crippen LogP contribution in [0, 0.1) is 17.0 Å². The van der Waals surface area contributed by atoms with Crippen molar-refractivity contribution in [2.75, 3.05) is 6.54 Å². The zero-order valence-electron chi connectivity index (χ0n) is 19.0. The minimum absolute atomic E-state index is 0.0793. The summed E-state index contributed by atoms with van der Waals surface area (Å²) in [6.45, 7) is 7.80. The summed E-state index contributed by atoms with van der Waals surface area (Å²) in [5.41, 5.74) is 6.23. The molecule has 6 nitrogen and oxygen atoms in total. The highest BCUT2D eigenvalue weighted by atomic mass is 32.1. The van der Waals surface area contributed by atoms with Gasteiger partial charge in [-0.05, 0) is 25.0 Å². The first kappa shape index (κ1) is 23.1. The molecule has 0 spiro atoms. The van der Waals surface area contributed by atoms with Crippen LogP contribution < -0.4 is 4.80 Å². The first-order valence-corrected chi connectivity index (χ1v) is 11.6.